The fourth-order valence-electron chi connectivity index (χ4n) is 5.37. The summed E-state index contributed by atoms with van der Waals surface area (Å²) >= 11 is 0. The SMILES string of the molecule is CNC(=O)c1c2cc(C3CC3)c(N(CCCNC(=O)c3ccoc3)S(C)(=O)=O)cc2nn1-c1ccc(Nc2ccc(F)cc2)cc1. The third-order valence-electron chi connectivity index (χ3n) is 7.80. The number of sulfonamides is 1. The zero-order valence-electron chi connectivity index (χ0n) is 25.3. The standard InChI is InChI=1S/C33H33FN6O5S/c1-35-33(42)31-28-18-27(21-4-5-21)30(39(46(2,43)44)16-3-15-36-32(41)22-14-17-45-20-22)19-29(28)38-40(31)26-12-10-25(11-13-26)37-24-8-6-23(34)7-9-24/h6-14,17-21,37H,3-5,15-16H2,1-2H3,(H,35,42)(H,36,41). The number of hydrogen-bond donors (Lipinski definition) is 3. The maximum Gasteiger partial charge on any atom is 0.270 e. The minimum absolute atomic E-state index is 0.140. The molecule has 238 valence electrons. The second-order valence-corrected chi connectivity index (χ2v) is 13.1. The van der Waals surface area contributed by atoms with Crippen LogP contribution in [0.15, 0.2) is 83.7 Å². The minimum atomic E-state index is -3.70. The van der Waals surface area contributed by atoms with Gasteiger partial charge in [-0.15, -0.1) is 0 Å². The van der Waals surface area contributed by atoms with Gasteiger partial charge in [-0.2, -0.15) is 5.10 Å². The van der Waals surface area contributed by atoms with Crippen LogP contribution in [0.5, 0.6) is 0 Å². The van der Waals surface area contributed by atoms with Crippen LogP contribution in [-0.4, -0.2) is 56.4 Å². The summed E-state index contributed by atoms with van der Waals surface area (Å²) in [6.07, 6.45) is 6.10. The molecule has 11 nitrogen and oxygen atoms in total. The number of anilines is 3. The third kappa shape index (κ3) is 6.59. The van der Waals surface area contributed by atoms with Gasteiger partial charge in [0.05, 0.1) is 35.0 Å². The van der Waals surface area contributed by atoms with E-state index in [1.54, 1.807) is 36.0 Å². The van der Waals surface area contributed by atoms with Gasteiger partial charge < -0.3 is 20.4 Å². The smallest absolute Gasteiger partial charge is 0.270 e. The first-order valence-corrected chi connectivity index (χ1v) is 16.7. The predicted octanol–water partition coefficient (Wildman–Crippen LogP) is 5.32. The Labute approximate surface area is 265 Å². The molecule has 46 heavy (non-hydrogen) atoms. The average molecular weight is 645 g/mol. The molecule has 2 amide bonds. The Morgan fingerprint density at radius 1 is 1.02 bits per heavy atom. The molecule has 0 aliphatic heterocycles. The molecule has 13 heteroatoms. The molecule has 0 spiro atoms. The van der Waals surface area contributed by atoms with Crippen molar-refractivity contribution in [1.82, 2.24) is 20.4 Å². The number of hydrogen-bond acceptors (Lipinski definition) is 7. The summed E-state index contributed by atoms with van der Waals surface area (Å²) in [6.45, 7) is 0.403. The van der Waals surface area contributed by atoms with Gasteiger partial charge in [-0.05, 0) is 97.5 Å². The second-order valence-electron chi connectivity index (χ2n) is 11.2. The summed E-state index contributed by atoms with van der Waals surface area (Å²) in [7, 11) is -2.15. The van der Waals surface area contributed by atoms with Gasteiger partial charge in [0.2, 0.25) is 10.0 Å². The lowest BCUT2D eigenvalue weighted by atomic mass is 10.0. The summed E-state index contributed by atoms with van der Waals surface area (Å²) in [5.74, 6) is -0.803. The van der Waals surface area contributed by atoms with Crippen LogP contribution in [0.25, 0.3) is 16.6 Å². The highest BCUT2D eigenvalue weighted by Crippen LogP contribution is 2.46. The number of nitrogens with one attached hydrogen (secondary N) is 3. The van der Waals surface area contributed by atoms with E-state index in [9.17, 15) is 22.4 Å². The molecule has 0 radical (unpaired) electrons. The van der Waals surface area contributed by atoms with Crippen molar-refractivity contribution in [2.45, 2.75) is 25.2 Å². The summed E-state index contributed by atoms with van der Waals surface area (Å²) in [5.41, 5.74) is 4.66. The van der Waals surface area contributed by atoms with Crippen molar-refractivity contribution in [2.24, 2.45) is 0 Å². The van der Waals surface area contributed by atoms with Crippen LogP contribution in [0.2, 0.25) is 0 Å². The molecular formula is C33H33FN6O5S. The lowest BCUT2D eigenvalue weighted by Gasteiger charge is -2.25. The largest absolute Gasteiger partial charge is 0.472 e. The third-order valence-corrected chi connectivity index (χ3v) is 8.98. The van der Waals surface area contributed by atoms with Gasteiger partial charge in [0.15, 0.2) is 0 Å². The highest BCUT2D eigenvalue weighted by molar-refractivity contribution is 7.92. The molecule has 3 aromatic carbocycles. The Balaban J connectivity index is 1.33. The highest BCUT2D eigenvalue weighted by atomic mass is 32.2. The highest BCUT2D eigenvalue weighted by Gasteiger charge is 2.32. The number of fused-ring (bicyclic) bond motifs is 1. The summed E-state index contributed by atoms with van der Waals surface area (Å²) in [6, 6.07) is 18.5. The summed E-state index contributed by atoms with van der Waals surface area (Å²) in [5, 5.41) is 14.1. The number of furan rings is 1. The molecule has 3 N–H and O–H groups in total. The topological polar surface area (TPSA) is 139 Å². The number of carbonyl (C=O) groups excluding carboxylic acids is 2. The Kier molecular flexibility index (Phi) is 8.50. The van der Waals surface area contributed by atoms with Crippen molar-refractivity contribution in [3.63, 3.8) is 0 Å². The van der Waals surface area contributed by atoms with Crippen molar-refractivity contribution in [3.05, 3.63) is 102 Å². The number of rotatable bonds is 12. The lowest BCUT2D eigenvalue weighted by Crippen LogP contribution is -2.34. The molecule has 0 saturated heterocycles. The van der Waals surface area contributed by atoms with E-state index in [4.69, 9.17) is 9.52 Å². The second kappa shape index (κ2) is 12.7. The Morgan fingerprint density at radius 2 is 1.72 bits per heavy atom. The molecule has 1 saturated carbocycles. The van der Waals surface area contributed by atoms with Gasteiger partial charge >= 0.3 is 0 Å². The predicted molar refractivity (Wildman–Crippen MR) is 174 cm³/mol. The van der Waals surface area contributed by atoms with Crippen LogP contribution in [0.4, 0.5) is 21.5 Å². The van der Waals surface area contributed by atoms with E-state index in [-0.39, 0.29) is 36.6 Å². The molecule has 0 atom stereocenters. The number of halogens is 1. The normalized spacial score (nSPS) is 13.0. The van der Waals surface area contributed by atoms with Crippen molar-refractivity contribution in [2.75, 3.05) is 36.0 Å². The molecule has 6 rings (SSSR count). The van der Waals surface area contributed by atoms with Gasteiger partial charge in [-0.3, -0.25) is 13.9 Å². The maximum atomic E-state index is 13.3. The quantitative estimate of drug-likeness (QED) is 0.156. The molecule has 1 fully saturated rings. The monoisotopic (exact) mass is 644 g/mol. The first kappa shape index (κ1) is 30.8. The number of carbonyl (C=O) groups is 2. The summed E-state index contributed by atoms with van der Waals surface area (Å²) in [4.78, 5) is 25.5. The zero-order chi connectivity index (χ0) is 32.4. The molecule has 1 aliphatic carbocycles. The van der Waals surface area contributed by atoms with Crippen LogP contribution >= 0.6 is 0 Å². The van der Waals surface area contributed by atoms with Gasteiger partial charge in [-0.25, -0.2) is 17.5 Å². The van der Waals surface area contributed by atoms with E-state index in [0.29, 0.717) is 40.0 Å². The molecule has 2 aromatic heterocycles. The first-order chi connectivity index (χ1) is 22.1. The molecule has 1 aliphatic rings. The van der Waals surface area contributed by atoms with Crippen molar-refractivity contribution in [1.29, 1.82) is 0 Å². The number of nitrogens with zero attached hydrogens (tertiary/aromatic N) is 3. The lowest BCUT2D eigenvalue weighted by molar-refractivity contribution is 0.0946. The van der Waals surface area contributed by atoms with Crippen LogP contribution in [0.3, 0.4) is 0 Å². The Bertz CT molecular complexity index is 1990. The van der Waals surface area contributed by atoms with E-state index in [1.165, 1.54) is 29.0 Å². The molecular weight excluding hydrogens is 611 g/mol. The molecule has 5 aromatic rings. The maximum absolute atomic E-state index is 13.3. The van der Waals surface area contributed by atoms with E-state index < -0.39 is 10.0 Å². The van der Waals surface area contributed by atoms with Gasteiger partial charge in [0.25, 0.3) is 11.8 Å². The van der Waals surface area contributed by atoms with Crippen molar-refractivity contribution < 1.29 is 26.8 Å². The van der Waals surface area contributed by atoms with Crippen molar-refractivity contribution >= 4 is 49.8 Å². The van der Waals surface area contributed by atoms with E-state index >= 15 is 0 Å². The van der Waals surface area contributed by atoms with E-state index in [1.807, 2.05) is 30.3 Å². The van der Waals surface area contributed by atoms with Crippen LogP contribution in [-0.2, 0) is 10.0 Å². The van der Waals surface area contributed by atoms with Gasteiger partial charge in [-0.1, -0.05) is 0 Å². The van der Waals surface area contributed by atoms with Crippen LogP contribution < -0.4 is 20.3 Å². The van der Waals surface area contributed by atoms with Gasteiger partial charge in [0, 0.05) is 36.9 Å². The fraction of sp³-hybridized carbons (Fsp3) is 0.242. The van der Waals surface area contributed by atoms with Crippen molar-refractivity contribution in [3.8, 4) is 5.69 Å². The minimum Gasteiger partial charge on any atom is -0.472 e. The molecule has 0 unspecified atom stereocenters. The summed E-state index contributed by atoms with van der Waals surface area (Å²) < 4.78 is 47.4. The van der Waals surface area contributed by atoms with Crippen LogP contribution in [0.1, 0.15) is 51.6 Å². The van der Waals surface area contributed by atoms with Gasteiger partial charge in [0.1, 0.15) is 17.8 Å². The first-order valence-electron chi connectivity index (χ1n) is 14.8. The van der Waals surface area contributed by atoms with E-state index in [2.05, 4.69) is 16.0 Å². The molecule has 0 bridgehead atoms. The Hall–Kier alpha value is -5.17. The van der Waals surface area contributed by atoms with Crippen LogP contribution in [0, 0.1) is 5.82 Å². The molecule has 2 heterocycles. The zero-order valence-corrected chi connectivity index (χ0v) is 26.1. The Morgan fingerprint density at radius 3 is 2.33 bits per heavy atom. The van der Waals surface area contributed by atoms with E-state index in [0.717, 1.165) is 36.0 Å². The average Bonchev–Trinajstić information content (AvgIpc) is 3.59. The number of amides is 2. The fourth-order valence-corrected chi connectivity index (χ4v) is 6.35. The number of benzene rings is 3. The number of aromatic nitrogens is 2.